The Morgan fingerprint density at radius 3 is 2.28 bits per heavy atom. The fourth-order valence-electron chi connectivity index (χ4n) is 2.10. The van der Waals surface area contributed by atoms with E-state index in [9.17, 15) is 0 Å². The van der Waals surface area contributed by atoms with Gasteiger partial charge >= 0.3 is 0 Å². The Morgan fingerprint density at radius 1 is 1.28 bits per heavy atom. The molecule has 1 N–H and O–H groups in total. The molecule has 4 heteroatoms. The van der Waals surface area contributed by atoms with Gasteiger partial charge in [0.15, 0.2) is 0 Å². The van der Waals surface area contributed by atoms with E-state index in [-0.39, 0.29) is 0 Å². The third-order valence-electron chi connectivity index (χ3n) is 3.47. The van der Waals surface area contributed by atoms with Crippen molar-refractivity contribution in [1.29, 1.82) is 0 Å². The van der Waals surface area contributed by atoms with Crippen molar-refractivity contribution in [3.05, 3.63) is 16.4 Å². The van der Waals surface area contributed by atoms with Crippen molar-refractivity contribution < 1.29 is 0 Å². The van der Waals surface area contributed by atoms with Gasteiger partial charge in [0.1, 0.15) is 5.15 Å². The Kier molecular flexibility index (Phi) is 5.67. The minimum atomic E-state index is 0.525. The van der Waals surface area contributed by atoms with Crippen LogP contribution in [0.25, 0.3) is 0 Å². The SMILES string of the molecule is Cc1nn(C)c(Cl)c1CC(CNC(C)C)C(C)C. The first-order chi connectivity index (χ1) is 8.32. The molecule has 3 nitrogen and oxygen atoms in total. The summed E-state index contributed by atoms with van der Waals surface area (Å²) in [5.74, 6) is 1.22. The number of aromatic nitrogens is 2. The van der Waals surface area contributed by atoms with E-state index in [4.69, 9.17) is 11.6 Å². The van der Waals surface area contributed by atoms with Gasteiger partial charge in [-0.1, -0.05) is 39.3 Å². The standard InChI is InChI=1S/C14H26ClN3/c1-9(2)12(8-16-10(3)4)7-13-11(5)17-18(6)14(13)15/h9-10,12,16H,7-8H2,1-6H3. The van der Waals surface area contributed by atoms with E-state index in [1.807, 2.05) is 14.0 Å². The van der Waals surface area contributed by atoms with Crippen molar-refractivity contribution in [2.24, 2.45) is 18.9 Å². The predicted molar refractivity (Wildman–Crippen MR) is 78.1 cm³/mol. The lowest BCUT2D eigenvalue weighted by atomic mass is 9.89. The first kappa shape index (κ1) is 15.5. The molecule has 0 aromatic carbocycles. The first-order valence-electron chi connectivity index (χ1n) is 6.74. The smallest absolute Gasteiger partial charge is 0.130 e. The van der Waals surface area contributed by atoms with E-state index in [0.717, 1.165) is 23.8 Å². The Bertz CT molecular complexity index is 383. The normalized spacial score (nSPS) is 13.6. The predicted octanol–water partition coefficient (Wildman–Crippen LogP) is 3.19. The lowest BCUT2D eigenvalue weighted by molar-refractivity contribution is 0.349. The molecule has 18 heavy (non-hydrogen) atoms. The summed E-state index contributed by atoms with van der Waals surface area (Å²) in [6.45, 7) is 12.0. The zero-order valence-corrected chi connectivity index (χ0v) is 13.2. The van der Waals surface area contributed by atoms with Crippen LogP contribution in [0.2, 0.25) is 5.15 Å². The van der Waals surface area contributed by atoms with Crippen molar-refractivity contribution in [2.75, 3.05) is 6.54 Å². The quantitative estimate of drug-likeness (QED) is 0.861. The molecule has 1 heterocycles. The molecule has 104 valence electrons. The molecule has 0 fully saturated rings. The van der Waals surface area contributed by atoms with Crippen LogP contribution in [0, 0.1) is 18.8 Å². The summed E-state index contributed by atoms with van der Waals surface area (Å²) >= 11 is 6.31. The second-order valence-electron chi connectivity index (χ2n) is 5.75. The second-order valence-corrected chi connectivity index (χ2v) is 6.11. The summed E-state index contributed by atoms with van der Waals surface area (Å²) in [6, 6.07) is 0.525. The molecule has 1 atom stereocenters. The highest BCUT2D eigenvalue weighted by molar-refractivity contribution is 6.30. The molecule has 0 radical (unpaired) electrons. The molecule has 0 aliphatic heterocycles. The number of halogens is 1. The fraction of sp³-hybridized carbons (Fsp3) is 0.786. The first-order valence-corrected chi connectivity index (χ1v) is 7.12. The molecule has 1 unspecified atom stereocenters. The van der Waals surface area contributed by atoms with Crippen molar-refractivity contribution in [3.8, 4) is 0 Å². The van der Waals surface area contributed by atoms with Gasteiger partial charge in [0.2, 0.25) is 0 Å². The number of hydrogen-bond donors (Lipinski definition) is 1. The largest absolute Gasteiger partial charge is 0.314 e. The molecular formula is C14H26ClN3. The van der Waals surface area contributed by atoms with E-state index in [1.165, 1.54) is 5.56 Å². The van der Waals surface area contributed by atoms with Gasteiger partial charge < -0.3 is 5.32 Å². The van der Waals surface area contributed by atoms with Gasteiger partial charge in [0, 0.05) is 18.7 Å². The molecule has 1 rings (SSSR count). The Morgan fingerprint density at radius 2 is 1.89 bits per heavy atom. The van der Waals surface area contributed by atoms with Gasteiger partial charge in [-0.15, -0.1) is 0 Å². The van der Waals surface area contributed by atoms with Crippen LogP contribution in [0.1, 0.15) is 39.0 Å². The molecule has 1 aromatic rings. The van der Waals surface area contributed by atoms with Crippen molar-refractivity contribution in [3.63, 3.8) is 0 Å². The van der Waals surface area contributed by atoms with Crippen LogP contribution in [0.5, 0.6) is 0 Å². The van der Waals surface area contributed by atoms with Crippen LogP contribution >= 0.6 is 11.6 Å². The fourth-order valence-corrected chi connectivity index (χ4v) is 2.35. The third-order valence-corrected chi connectivity index (χ3v) is 3.94. The Labute approximate surface area is 116 Å². The number of nitrogens with one attached hydrogen (secondary N) is 1. The summed E-state index contributed by atoms with van der Waals surface area (Å²) in [7, 11) is 1.90. The van der Waals surface area contributed by atoms with E-state index in [0.29, 0.717) is 17.9 Å². The number of hydrogen-bond acceptors (Lipinski definition) is 2. The number of rotatable bonds is 6. The maximum Gasteiger partial charge on any atom is 0.130 e. The van der Waals surface area contributed by atoms with Crippen LogP contribution in [-0.2, 0) is 13.5 Å². The van der Waals surface area contributed by atoms with Gasteiger partial charge in [-0.25, -0.2) is 0 Å². The van der Waals surface area contributed by atoms with Gasteiger partial charge in [-0.05, 0) is 31.7 Å². The van der Waals surface area contributed by atoms with Crippen molar-refractivity contribution in [1.82, 2.24) is 15.1 Å². The summed E-state index contributed by atoms with van der Waals surface area (Å²) in [4.78, 5) is 0. The lowest BCUT2D eigenvalue weighted by Crippen LogP contribution is -2.32. The van der Waals surface area contributed by atoms with E-state index in [1.54, 1.807) is 4.68 Å². The van der Waals surface area contributed by atoms with Gasteiger partial charge in [0.25, 0.3) is 0 Å². The van der Waals surface area contributed by atoms with Gasteiger partial charge in [-0.3, -0.25) is 4.68 Å². The molecule has 0 saturated carbocycles. The maximum atomic E-state index is 6.31. The van der Waals surface area contributed by atoms with E-state index >= 15 is 0 Å². The van der Waals surface area contributed by atoms with Crippen LogP contribution < -0.4 is 5.32 Å². The molecule has 0 bridgehead atoms. The van der Waals surface area contributed by atoms with E-state index < -0.39 is 0 Å². The van der Waals surface area contributed by atoms with Crippen molar-refractivity contribution in [2.45, 2.75) is 47.1 Å². The molecule has 0 amide bonds. The highest BCUT2D eigenvalue weighted by Gasteiger charge is 2.19. The monoisotopic (exact) mass is 271 g/mol. The Hall–Kier alpha value is -0.540. The average Bonchev–Trinajstić information content (AvgIpc) is 2.49. The van der Waals surface area contributed by atoms with Crippen molar-refractivity contribution >= 4 is 11.6 Å². The zero-order chi connectivity index (χ0) is 13.9. The summed E-state index contributed by atoms with van der Waals surface area (Å²) in [5, 5.41) is 8.69. The zero-order valence-electron chi connectivity index (χ0n) is 12.4. The number of aryl methyl sites for hydroxylation is 2. The highest BCUT2D eigenvalue weighted by atomic mass is 35.5. The number of nitrogens with zero attached hydrogens (tertiary/aromatic N) is 2. The molecule has 0 saturated heterocycles. The molecule has 0 aliphatic rings. The third kappa shape index (κ3) is 3.99. The topological polar surface area (TPSA) is 29.9 Å². The summed E-state index contributed by atoms with van der Waals surface area (Å²) in [5.41, 5.74) is 2.25. The van der Waals surface area contributed by atoms with Gasteiger partial charge in [0.05, 0.1) is 5.69 Å². The van der Waals surface area contributed by atoms with Crippen LogP contribution in [-0.4, -0.2) is 22.4 Å². The summed E-state index contributed by atoms with van der Waals surface area (Å²) < 4.78 is 1.76. The average molecular weight is 272 g/mol. The van der Waals surface area contributed by atoms with Crippen LogP contribution in [0.15, 0.2) is 0 Å². The second kappa shape index (κ2) is 6.58. The minimum absolute atomic E-state index is 0.525. The molecular weight excluding hydrogens is 246 g/mol. The van der Waals surface area contributed by atoms with Gasteiger partial charge in [-0.2, -0.15) is 5.10 Å². The lowest BCUT2D eigenvalue weighted by Gasteiger charge is -2.22. The highest BCUT2D eigenvalue weighted by Crippen LogP contribution is 2.25. The van der Waals surface area contributed by atoms with Crippen LogP contribution in [0.4, 0.5) is 0 Å². The van der Waals surface area contributed by atoms with Crippen LogP contribution in [0.3, 0.4) is 0 Å². The van der Waals surface area contributed by atoms with E-state index in [2.05, 4.69) is 38.1 Å². The molecule has 0 aliphatic carbocycles. The molecule has 0 spiro atoms. The molecule has 1 aromatic heterocycles. The maximum absolute atomic E-state index is 6.31. The Balaban J connectivity index is 2.77. The minimum Gasteiger partial charge on any atom is -0.314 e. The summed E-state index contributed by atoms with van der Waals surface area (Å²) in [6.07, 6.45) is 0.996.